The molecular weight excluding hydrogens is 329 g/mol. The van der Waals surface area contributed by atoms with Gasteiger partial charge in [0.25, 0.3) is 0 Å². The second-order valence-corrected chi connectivity index (χ2v) is 5.71. The van der Waals surface area contributed by atoms with Crippen LogP contribution in [0.5, 0.6) is 0 Å². The second kappa shape index (κ2) is 6.75. The molecular formula is C19H11Cl2NO. The molecule has 0 spiro atoms. The molecule has 23 heavy (non-hydrogen) atoms. The molecule has 1 heterocycles. The Morgan fingerprint density at radius 3 is 2.48 bits per heavy atom. The molecule has 0 N–H and O–H groups in total. The standard InChI is InChI=1S/C19H11Cl2NO/c20-15-6-8-17(18(21)11-15)19-9-7-16(23-19)10-14(12-22)13-4-2-1-3-5-13/h1-11H/b14-10+. The van der Waals surface area contributed by atoms with Gasteiger partial charge in [-0.05, 0) is 42.0 Å². The Morgan fingerprint density at radius 1 is 1.00 bits per heavy atom. The minimum atomic E-state index is 0.519. The predicted molar refractivity (Wildman–Crippen MR) is 94.1 cm³/mol. The fourth-order valence-corrected chi connectivity index (χ4v) is 2.71. The molecule has 112 valence electrons. The molecule has 0 saturated carbocycles. The Hall–Kier alpha value is -2.47. The van der Waals surface area contributed by atoms with Crippen LogP contribution in [0.15, 0.2) is 65.1 Å². The summed E-state index contributed by atoms with van der Waals surface area (Å²) in [4.78, 5) is 0. The van der Waals surface area contributed by atoms with E-state index in [2.05, 4.69) is 6.07 Å². The van der Waals surface area contributed by atoms with E-state index in [1.165, 1.54) is 0 Å². The number of hydrogen-bond donors (Lipinski definition) is 0. The van der Waals surface area contributed by atoms with Crippen molar-refractivity contribution in [3.63, 3.8) is 0 Å². The molecule has 0 unspecified atom stereocenters. The number of nitrogens with zero attached hydrogens (tertiary/aromatic N) is 1. The summed E-state index contributed by atoms with van der Waals surface area (Å²) in [6.45, 7) is 0. The van der Waals surface area contributed by atoms with Crippen molar-refractivity contribution in [2.75, 3.05) is 0 Å². The lowest BCUT2D eigenvalue weighted by Gasteiger charge is -2.01. The molecule has 0 atom stereocenters. The highest BCUT2D eigenvalue weighted by Gasteiger charge is 2.09. The number of nitriles is 1. The molecule has 3 rings (SSSR count). The maximum absolute atomic E-state index is 9.34. The van der Waals surface area contributed by atoms with E-state index in [1.807, 2.05) is 36.4 Å². The molecule has 1 aromatic heterocycles. The Labute approximate surface area is 144 Å². The number of benzene rings is 2. The second-order valence-electron chi connectivity index (χ2n) is 4.86. The average Bonchev–Trinajstić information content (AvgIpc) is 3.01. The maximum Gasteiger partial charge on any atom is 0.136 e. The number of rotatable bonds is 3. The summed E-state index contributed by atoms with van der Waals surface area (Å²) in [5.74, 6) is 1.22. The topological polar surface area (TPSA) is 36.9 Å². The highest BCUT2D eigenvalue weighted by Crippen LogP contribution is 2.32. The van der Waals surface area contributed by atoms with Crippen LogP contribution in [-0.2, 0) is 0 Å². The van der Waals surface area contributed by atoms with Gasteiger partial charge in [0.1, 0.15) is 11.5 Å². The first-order chi connectivity index (χ1) is 11.2. The van der Waals surface area contributed by atoms with Gasteiger partial charge >= 0.3 is 0 Å². The van der Waals surface area contributed by atoms with Gasteiger partial charge in [-0.2, -0.15) is 5.26 Å². The third-order valence-electron chi connectivity index (χ3n) is 3.32. The molecule has 0 radical (unpaired) electrons. The van der Waals surface area contributed by atoms with Crippen molar-refractivity contribution in [2.24, 2.45) is 0 Å². The largest absolute Gasteiger partial charge is 0.457 e. The molecule has 4 heteroatoms. The zero-order valence-electron chi connectivity index (χ0n) is 12.0. The summed E-state index contributed by atoms with van der Waals surface area (Å²) in [5, 5.41) is 10.4. The van der Waals surface area contributed by atoms with E-state index in [1.54, 1.807) is 30.3 Å². The van der Waals surface area contributed by atoms with E-state index in [0.29, 0.717) is 27.1 Å². The van der Waals surface area contributed by atoms with Gasteiger partial charge in [0.15, 0.2) is 0 Å². The highest BCUT2D eigenvalue weighted by molar-refractivity contribution is 6.36. The van der Waals surface area contributed by atoms with Gasteiger partial charge in [0.05, 0.1) is 16.7 Å². The molecule has 0 bridgehead atoms. The summed E-state index contributed by atoms with van der Waals surface area (Å²) in [6, 6.07) is 20.5. The fraction of sp³-hybridized carbons (Fsp3) is 0. The van der Waals surface area contributed by atoms with Crippen LogP contribution in [0, 0.1) is 11.3 Å². The molecule has 2 nitrogen and oxygen atoms in total. The third kappa shape index (κ3) is 3.48. The first-order valence-corrected chi connectivity index (χ1v) is 7.65. The van der Waals surface area contributed by atoms with Crippen LogP contribution in [-0.4, -0.2) is 0 Å². The summed E-state index contributed by atoms with van der Waals surface area (Å²) < 4.78 is 5.79. The first kappa shape index (κ1) is 15.4. The van der Waals surface area contributed by atoms with Crippen molar-refractivity contribution in [1.82, 2.24) is 0 Å². The van der Waals surface area contributed by atoms with E-state index < -0.39 is 0 Å². The van der Waals surface area contributed by atoms with Crippen molar-refractivity contribution in [1.29, 1.82) is 5.26 Å². The van der Waals surface area contributed by atoms with Crippen molar-refractivity contribution >= 4 is 34.9 Å². The SMILES string of the molecule is N#C/C(=C\c1ccc(-c2ccc(Cl)cc2Cl)o1)c1ccccc1. The minimum Gasteiger partial charge on any atom is -0.457 e. The molecule has 0 aliphatic carbocycles. The number of hydrogen-bond acceptors (Lipinski definition) is 2. The van der Waals surface area contributed by atoms with Crippen LogP contribution in [0.25, 0.3) is 23.0 Å². The zero-order valence-corrected chi connectivity index (χ0v) is 13.5. The van der Waals surface area contributed by atoms with Crippen molar-refractivity contribution in [2.45, 2.75) is 0 Å². The smallest absolute Gasteiger partial charge is 0.136 e. The van der Waals surface area contributed by atoms with Crippen molar-refractivity contribution in [3.05, 3.63) is 82.0 Å². The van der Waals surface area contributed by atoms with Gasteiger partial charge in [-0.25, -0.2) is 0 Å². The first-order valence-electron chi connectivity index (χ1n) is 6.90. The van der Waals surface area contributed by atoms with Gasteiger partial charge in [-0.1, -0.05) is 53.5 Å². The van der Waals surface area contributed by atoms with Crippen LogP contribution >= 0.6 is 23.2 Å². The molecule has 0 saturated heterocycles. The van der Waals surface area contributed by atoms with Crippen LogP contribution in [0.4, 0.5) is 0 Å². The normalized spacial score (nSPS) is 11.3. The number of furan rings is 1. The number of halogens is 2. The van der Waals surface area contributed by atoms with Gasteiger partial charge in [-0.3, -0.25) is 0 Å². The summed E-state index contributed by atoms with van der Waals surface area (Å²) in [6.07, 6.45) is 1.71. The quantitative estimate of drug-likeness (QED) is 0.523. The van der Waals surface area contributed by atoms with Crippen LogP contribution in [0.1, 0.15) is 11.3 Å². The third-order valence-corrected chi connectivity index (χ3v) is 3.86. The van der Waals surface area contributed by atoms with E-state index in [9.17, 15) is 5.26 Å². The van der Waals surface area contributed by atoms with Gasteiger partial charge in [0, 0.05) is 10.6 Å². The van der Waals surface area contributed by atoms with Crippen molar-refractivity contribution < 1.29 is 4.42 Å². The molecule has 0 aliphatic heterocycles. The van der Waals surface area contributed by atoms with E-state index >= 15 is 0 Å². The summed E-state index contributed by atoms with van der Waals surface area (Å²) in [7, 11) is 0. The molecule has 3 aromatic rings. The fourth-order valence-electron chi connectivity index (χ4n) is 2.20. The van der Waals surface area contributed by atoms with Gasteiger partial charge in [-0.15, -0.1) is 0 Å². The summed E-state index contributed by atoms with van der Waals surface area (Å²) >= 11 is 12.1. The van der Waals surface area contributed by atoms with E-state index in [0.717, 1.165) is 11.1 Å². The van der Waals surface area contributed by atoms with E-state index in [-0.39, 0.29) is 0 Å². The molecule has 0 fully saturated rings. The Balaban J connectivity index is 1.96. The molecule has 0 aliphatic rings. The lowest BCUT2D eigenvalue weighted by atomic mass is 10.1. The van der Waals surface area contributed by atoms with Gasteiger partial charge < -0.3 is 4.42 Å². The minimum absolute atomic E-state index is 0.519. The van der Waals surface area contributed by atoms with Crippen molar-refractivity contribution in [3.8, 4) is 17.4 Å². The van der Waals surface area contributed by atoms with Crippen LogP contribution in [0.3, 0.4) is 0 Å². The average molecular weight is 340 g/mol. The maximum atomic E-state index is 9.34. The predicted octanol–water partition coefficient (Wildman–Crippen LogP) is 6.32. The zero-order chi connectivity index (χ0) is 16.2. The van der Waals surface area contributed by atoms with Gasteiger partial charge in [0.2, 0.25) is 0 Å². The van der Waals surface area contributed by atoms with E-state index in [4.69, 9.17) is 27.6 Å². The molecule has 2 aromatic carbocycles. The van der Waals surface area contributed by atoms with Crippen LogP contribution < -0.4 is 0 Å². The monoisotopic (exact) mass is 339 g/mol. The Bertz CT molecular complexity index is 905. The molecule has 0 amide bonds. The Kier molecular flexibility index (Phi) is 4.52. The summed E-state index contributed by atoms with van der Waals surface area (Å²) in [5.41, 5.74) is 2.14. The Morgan fingerprint density at radius 2 is 1.78 bits per heavy atom. The number of allylic oxidation sites excluding steroid dienone is 1. The lowest BCUT2D eigenvalue weighted by molar-refractivity contribution is 0.572. The highest BCUT2D eigenvalue weighted by atomic mass is 35.5. The van der Waals surface area contributed by atoms with Crippen LogP contribution in [0.2, 0.25) is 10.0 Å². The lowest BCUT2D eigenvalue weighted by Crippen LogP contribution is -1.80.